The van der Waals surface area contributed by atoms with E-state index in [1.807, 2.05) is 24.3 Å². The Labute approximate surface area is 223 Å². The maximum atomic E-state index is 13.3. The third-order valence-electron chi connectivity index (χ3n) is 6.01. The Morgan fingerprint density at radius 2 is 1.58 bits per heavy atom. The number of ether oxygens (including phenoxy) is 2. The molecule has 2 amide bonds. The van der Waals surface area contributed by atoms with Crippen LogP contribution in [-0.4, -0.2) is 55.4 Å². The Balaban J connectivity index is 1.66. The van der Waals surface area contributed by atoms with E-state index < -0.39 is 45.1 Å². The molecule has 0 saturated carbocycles. The lowest BCUT2D eigenvalue weighted by Gasteiger charge is -2.37. The fourth-order valence-corrected chi connectivity index (χ4v) is 4.74. The first-order chi connectivity index (χ1) is 17.8. The largest absolute Gasteiger partial charge is 0.444 e. The van der Waals surface area contributed by atoms with Gasteiger partial charge in [0.25, 0.3) is 10.1 Å². The van der Waals surface area contributed by atoms with Gasteiger partial charge in [-0.3, -0.25) is 9.35 Å². The topological polar surface area (TPSA) is 155 Å². The molecule has 38 heavy (non-hydrogen) atoms. The standard InChI is InChI=1S/C27H33N3O7S/c1-26(2,3)37-25(32)30-27(12-14-36-15-13-27)24(31)29-23(17-28)16-19-4-8-21(9-5-19)22-10-6-20(7-11-22)18-38(33,34)35/h4-11,23H,12-16,18H2,1-3H3,(H,29,31)(H,30,32)(H,33,34,35). The molecule has 1 aliphatic heterocycles. The SMILES string of the molecule is CC(C)(C)OC(=O)NC1(C(=O)NC(C#N)Cc2ccc(-c3ccc(CS(=O)(=O)O)cc3)cc2)CCOCC1. The van der Waals surface area contributed by atoms with Gasteiger partial charge in [-0.1, -0.05) is 48.5 Å². The van der Waals surface area contributed by atoms with Crippen LogP contribution < -0.4 is 10.6 Å². The minimum Gasteiger partial charge on any atom is -0.444 e. The normalized spacial score (nSPS) is 16.1. The molecule has 1 heterocycles. The minimum absolute atomic E-state index is 0.258. The average Bonchev–Trinajstić information content (AvgIpc) is 2.83. The third-order valence-corrected chi connectivity index (χ3v) is 6.71. The van der Waals surface area contributed by atoms with Gasteiger partial charge in [-0.05, 0) is 43.0 Å². The zero-order valence-corrected chi connectivity index (χ0v) is 22.5. The van der Waals surface area contributed by atoms with Gasteiger partial charge in [0.05, 0.1) is 6.07 Å². The van der Waals surface area contributed by atoms with Gasteiger partial charge in [0.15, 0.2) is 0 Å². The Kier molecular flexibility index (Phi) is 9.14. The molecule has 0 bridgehead atoms. The molecule has 2 aromatic rings. The number of hydrogen-bond acceptors (Lipinski definition) is 7. The molecule has 1 unspecified atom stereocenters. The molecule has 1 atom stereocenters. The zero-order valence-electron chi connectivity index (χ0n) is 21.7. The van der Waals surface area contributed by atoms with Gasteiger partial charge in [-0.15, -0.1) is 0 Å². The van der Waals surface area contributed by atoms with Crippen LogP contribution in [0, 0.1) is 11.3 Å². The number of rotatable bonds is 8. The second kappa shape index (κ2) is 11.9. The third kappa shape index (κ3) is 8.55. The fraction of sp³-hybridized carbons (Fsp3) is 0.444. The first-order valence-electron chi connectivity index (χ1n) is 12.2. The number of nitrogens with one attached hydrogen (secondary N) is 2. The number of hydrogen-bond donors (Lipinski definition) is 3. The molecule has 3 N–H and O–H groups in total. The molecule has 1 fully saturated rings. The molecule has 0 radical (unpaired) electrons. The van der Waals surface area contributed by atoms with Crippen LogP contribution in [0.4, 0.5) is 4.79 Å². The van der Waals surface area contributed by atoms with E-state index in [0.29, 0.717) is 18.8 Å². The molecule has 3 rings (SSSR count). The van der Waals surface area contributed by atoms with Crippen molar-refractivity contribution in [3.63, 3.8) is 0 Å². The van der Waals surface area contributed by atoms with Crippen molar-refractivity contribution in [1.82, 2.24) is 10.6 Å². The number of nitriles is 1. The molecule has 0 aliphatic carbocycles. The van der Waals surface area contributed by atoms with Gasteiger partial charge < -0.3 is 20.1 Å². The summed E-state index contributed by atoms with van der Waals surface area (Å²) in [4.78, 5) is 25.7. The molecule has 2 aromatic carbocycles. The van der Waals surface area contributed by atoms with Crippen LogP contribution in [0.1, 0.15) is 44.7 Å². The van der Waals surface area contributed by atoms with Crippen LogP contribution >= 0.6 is 0 Å². The van der Waals surface area contributed by atoms with Crippen molar-refractivity contribution in [3.05, 3.63) is 59.7 Å². The fourth-order valence-electron chi connectivity index (χ4n) is 4.13. The van der Waals surface area contributed by atoms with Crippen molar-refractivity contribution in [3.8, 4) is 17.2 Å². The number of amides is 2. The number of nitrogens with zero attached hydrogens (tertiary/aromatic N) is 1. The van der Waals surface area contributed by atoms with Gasteiger partial charge in [-0.25, -0.2) is 4.79 Å². The van der Waals surface area contributed by atoms with Gasteiger partial charge in [0.1, 0.15) is 22.9 Å². The minimum atomic E-state index is -4.10. The number of benzene rings is 2. The lowest BCUT2D eigenvalue weighted by Crippen LogP contribution is -2.63. The summed E-state index contributed by atoms with van der Waals surface area (Å²) >= 11 is 0. The van der Waals surface area contributed by atoms with Crippen LogP contribution in [0.3, 0.4) is 0 Å². The van der Waals surface area contributed by atoms with Crippen molar-refractivity contribution in [1.29, 1.82) is 5.26 Å². The summed E-state index contributed by atoms with van der Waals surface area (Å²) in [6, 6.07) is 15.5. The predicted octanol–water partition coefficient (Wildman–Crippen LogP) is 3.37. The Morgan fingerprint density at radius 3 is 2.05 bits per heavy atom. The molecule has 204 valence electrons. The second-order valence-electron chi connectivity index (χ2n) is 10.3. The monoisotopic (exact) mass is 543 g/mol. The first kappa shape index (κ1) is 29.1. The van der Waals surface area contributed by atoms with Crippen molar-refractivity contribution in [2.24, 2.45) is 0 Å². The molecule has 0 aromatic heterocycles. The van der Waals surface area contributed by atoms with Gasteiger partial charge in [-0.2, -0.15) is 13.7 Å². The van der Waals surface area contributed by atoms with Gasteiger partial charge in [0.2, 0.25) is 5.91 Å². The molecule has 11 heteroatoms. The second-order valence-corrected chi connectivity index (χ2v) is 11.8. The predicted molar refractivity (Wildman–Crippen MR) is 141 cm³/mol. The van der Waals surface area contributed by atoms with E-state index in [-0.39, 0.29) is 19.3 Å². The highest BCUT2D eigenvalue weighted by atomic mass is 32.2. The van der Waals surface area contributed by atoms with E-state index in [4.69, 9.17) is 14.0 Å². The highest BCUT2D eigenvalue weighted by Gasteiger charge is 2.43. The maximum absolute atomic E-state index is 13.3. The Bertz CT molecular complexity index is 1270. The highest BCUT2D eigenvalue weighted by Crippen LogP contribution is 2.24. The van der Waals surface area contributed by atoms with Crippen molar-refractivity contribution in [2.75, 3.05) is 13.2 Å². The van der Waals surface area contributed by atoms with Crippen molar-refractivity contribution in [2.45, 2.75) is 63.0 Å². The molecule has 10 nitrogen and oxygen atoms in total. The van der Waals surface area contributed by atoms with E-state index in [1.54, 1.807) is 45.0 Å². The molecular weight excluding hydrogens is 510 g/mol. The summed E-state index contributed by atoms with van der Waals surface area (Å²) in [7, 11) is -4.10. The summed E-state index contributed by atoms with van der Waals surface area (Å²) < 4.78 is 41.8. The van der Waals surface area contributed by atoms with Crippen molar-refractivity contribution < 1.29 is 32.0 Å². The smallest absolute Gasteiger partial charge is 0.408 e. The molecular formula is C27H33N3O7S. The van der Waals surface area contributed by atoms with Crippen LogP contribution in [0.2, 0.25) is 0 Å². The summed E-state index contributed by atoms with van der Waals surface area (Å²) in [6.07, 6.45) is 0.0705. The molecule has 0 spiro atoms. The van der Waals surface area contributed by atoms with E-state index >= 15 is 0 Å². The summed E-state index contributed by atoms with van der Waals surface area (Å²) in [5, 5.41) is 15.2. The number of carbonyl (C=O) groups excluding carboxylic acids is 2. The van der Waals surface area contributed by atoms with E-state index in [2.05, 4.69) is 16.7 Å². The van der Waals surface area contributed by atoms with Gasteiger partial charge >= 0.3 is 6.09 Å². The highest BCUT2D eigenvalue weighted by molar-refractivity contribution is 7.85. The lowest BCUT2D eigenvalue weighted by molar-refractivity contribution is -0.132. The maximum Gasteiger partial charge on any atom is 0.408 e. The van der Waals surface area contributed by atoms with Crippen LogP contribution in [0.25, 0.3) is 11.1 Å². The van der Waals surface area contributed by atoms with Crippen LogP contribution in [0.15, 0.2) is 48.5 Å². The number of alkyl carbamates (subject to hydrolysis) is 1. The zero-order chi connectivity index (χ0) is 28.0. The van der Waals surface area contributed by atoms with Crippen LogP contribution in [0.5, 0.6) is 0 Å². The Morgan fingerprint density at radius 1 is 1.05 bits per heavy atom. The molecule has 1 aliphatic rings. The summed E-state index contributed by atoms with van der Waals surface area (Å²) in [5.74, 6) is -0.908. The quantitative estimate of drug-likeness (QED) is 0.428. The average molecular weight is 544 g/mol. The van der Waals surface area contributed by atoms with E-state index in [0.717, 1.165) is 16.7 Å². The summed E-state index contributed by atoms with van der Waals surface area (Å²) in [5.41, 5.74) is 1.08. The Hall–Kier alpha value is -3.46. The van der Waals surface area contributed by atoms with E-state index in [1.165, 1.54) is 0 Å². The summed E-state index contributed by atoms with van der Waals surface area (Å²) in [6.45, 7) is 5.79. The number of carbonyl (C=O) groups is 2. The first-order valence-corrected chi connectivity index (χ1v) is 13.8. The van der Waals surface area contributed by atoms with Crippen LogP contribution in [-0.2, 0) is 36.6 Å². The van der Waals surface area contributed by atoms with Crippen molar-refractivity contribution >= 4 is 22.1 Å². The molecule has 1 saturated heterocycles. The lowest BCUT2D eigenvalue weighted by atomic mass is 9.88. The van der Waals surface area contributed by atoms with E-state index in [9.17, 15) is 23.3 Å². The van der Waals surface area contributed by atoms with Gasteiger partial charge in [0, 0.05) is 32.5 Å².